The topological polar surface area (TPSA) is 100 Å². The molecule has 0 saturated carbocycles. The number of carbonyl (C=O) groups is 1. The van der Waals surface area contributed by atoms with E-state index in [0.29, 0.717) is 22.2 Å². The summed E-state index contributed by atoms with van der Waals surface area (Å²) in [6, 6.07) is 11.8. The van der Waals surface area contributed by atoms with Crippen LogP contribution in [0.4, 0.5) is 29.1 Å². The number of carbonyl (C=O) groups excluding carboxylic acids is 1. The number of rotatable bonds is 7. The van der Waals surface area contributed by atoms with Crippen LogP contribution in [0, 0.1) is 0 Å². The number of hydrogen-bond acceptors (Lipinski definition) is 6. The van der Waals surface area contributed by atoms with Crippen LogP contribution in [-0.4, -0.2) is 39.1 Å². The summed E-state index contributed by atoms with van der Waals surface area (Å²) in [5.74, 6) is -0.280. The molecule has 1 amide bonds. The minimum absolute atomic E-state index is 0.0597. The van der Waals surface area contributed by atoms with Gasteiger partial charge in [-0.1, -0.05) is 18.2 Å². The fraction of sp³-hybridized carbons (Fsp3) is 0.167. The number of nitrogens with zero attached hydrogens (tertiary/aromatic N) is 3. The number of fused-ring (bicyclic) bond motifs is 1. The Bertz CT molecular complexity index is 1360. The number of halogens is 4. The van der Waals surface area contributed by atoms with Gasteiger partial charge in [-0.05, 0) is 30.3 Å². The Morgan fingerprint density at radius 3 is 2.54 bits per heavy atom. The van der Waals surface area contributed by atoms with Crippen LogP contribution < -0.4 is 10.6 Å². The highest BCUT2D eigenvalue weighted by Crippen LogP contribution is 2.32. The maximum Gasteiger partial charge on any atom is 0.417 e. The lowest BCUT2D eigenvalue weighted by molar-refractivity contribution is -0.137. The van der Waals surface area contributed by atoms with Crippen LogP contribution in [0.1, 0.15) is 21.6 Å². The van der Waals surface area contributed by atoms with Gasteiger partial charge in [0, 0.05) is 35.5 Å². The highest BCUT2D eigenvalue weighted by molar-refractivity contribution is 5.96. The number of amides is 1. The first-order valence-corrected chi connectivity index (χ1v) is 10.4. The van der Waals surface area contributed by atoms with E-state index in [0.717, 1.165) is 12.3 Å². The number of anilines is 2. The van der Waals surface area contributed by atoms with E-state index in [1.807, 2.05) is 0 Å². The van der Waals surface area contributed by atoms with Crippen LogP contribution in [0.25, 0.3) is 22.2 Å². The van der Waals surface area contributed by atoms with Gasteiger partial charge in [0.15, 0.2) is 0 Å². The molecule has 4 aromatic rings. The Morgan fingerprint density at radius 2 is 1.86 bits per heavy atom. The minimum atomic E-state index is -4.48. The van der Waals surface area contributed by atoms with E-state index in [1.165, 1.54) is 24.4 Å². The van der Waals surface area contributed by atoms with Crippen molar-refractivity contribution in [1.82, 2.24) is 20.3 Å². The fourth-order valence-electron chi connectivity index (χ4n) is 3.41. The first kappa shape index (κ1) is 24.0. The molecule has 0 saturated heterocycles. The summed E-state index contributed by atoms with van der Waals surface area (Å²) < 4.78 is 52.0. The molecule has 0 aliphatic carbocycles. The van der Waals surface area contributed by atoms with Crippen LogP contribution in [0.2, 0.25) is 0 Å². The van der Waals surface area contributed by atoms with Crippen molar-refractivity contribution in [2.24, 2.45) is 0 Å². The van der Waals surface area contributed by atoms with Gasteiger partial charge in [0.05, 0.1) is 29.1 Å². The lowest BCUT2D eigenvalue weighted by Crippen LogP contribution is -2.27. The Balaban J connectivity index is 1.67. The lowest BCUT2D eigenvalue weighted by atomic mass is 10.0. The normalized spacial score (nSPS) is 11.5. The van der Waals surface area contributed by atoms with Gasteiger partial charge in [-0.2, -0.15) is 13.2 Å². The van der Waals surface area contributed by atoms with Gasteiger partial charge in [-0.15, -0.1) is 0 Å². The van der Waals surface area contributed by atoms with Crippen LogP contribution >= 0.6 is 0 Å². The fourth-order valence-corrected chi connectivity index (χ4v) is 3.41. The lowest BCUT2D eigenvalue weighted by Gasteiger charge is -2.12. The van der Waals surface area contributed by atoms with E-state index >= 15 is 0 Å². The van der Waals surface area contributed by atoms with Gasteiger partial charge in [-0.3, -0.25) is 9.78 Å². The molecule has 0 spiro atoms. The van der Waals surface area contributed by atoms with Gasteiger partial charge in [0.1, 0.15) is 18.2 Å². The van der Waals surface area contributed by atoms with Crippen molar-refractivity contribution in [1.29, 1.82) is 0 Å². The molecule has 1 aromatic carbocycles. The zero-order valence-corrected chi connectivity index (χ0v) is 18.1. The smallest absolute Gasteiger partial charge is 0.395 e. The monoisotopic (exact) mass is 485 g/mol. The van der Waals surface area contributed by atoms with Gasteiger partial charge in [-0.25, -0.2) is 14.4 Å². The van der Waals surface area contributed by atoms with Crippen molar-refractivity contribution in [2.45, 2.75) is 12.9 Å². The molecule has 0 radical (unpaired) electrons. The molecule has 0 unspecified atom stereocenters. The van der Waals surface area contributed by atoms with Crippen molar-refractivity contribution in [3.8, 4) is 11.3 Å². The highest BCUT2D eigenvalue weighted by atomic mass is 19.4. The van der Waals surface area contributed by atoms with Crippen molar-refractivity contribution in [3.05, 3.63) is 77.7 Å². The SMILES string of the molecule is O=C(NCCO)c1ccc(CF)c(-c2ccc3c(Nc4ccc(C(F)(F)F)cn4)ccnc3c2)n1. The largest absolute Gasteiger partial charge is 0.417 e. The Hall–Kier alpha value is -4.12. The first-order chi connectivity index (χ1) is 16.8. The third kappa shape index (κ3) is 5.35. The zero-order valence-electron chi connectivity index (χ0n) is 18.1. The second-order valence-corrected chi connectivity index (χ2v) is 7.46. The molecule has 35 heavy (non-hydrogen) atoms. The summed E-state index contributed by atoms with van der Waals surface area (Å²) in [5, 5.41) is 15.0. The number of pyridine rings is 3. The average molecular weight is 485 g/mol. The van der Waals surface area contributed by atoms with Crippen molar-refractivity contribution in [3.63, 3.8) is 0 Å². The zero-order chi connectivity index (χ0) is 25.0. The second-order valence-electron chi connectivity index (χ2n) is 7.46. The van der Waals surface area contributed by atoms with Crippen molar-refractivity contribution < 1.29 is 27.5 Å². The second kappa shape index (κ2) is 10.0. The Labute approximate surface area is 196 Å². The van der Waals surface area contributed by atoms with Crippen molar-refractivity contribution in [2.75, 3.05) is 18.5 Å². The standard InChI is InChI=1S/C24H19F4N5O2/c25-12-15-2-5-19(23(35)30-9-10-34)33-22(15)14-1-4-17-18(7-8-29-20(17)11-14)32-21-6-3-16(13-31-21)24(26,27)28/h1-8,11,13,34H,9-10,12H2,(H,30,35)(H,29,31,32). The number of nitrogens with one attached hydrogen (secondary N) is 2. The molecule has 4 rings (SSSR count). The molecule has 0 aliphatic rings. The summed E-state index contributed by atoms with van der Waals surface area (Å²) in [5.41, 5.74) is 1.38. The number of hydrogen-bond donors (Lipinski definition) is 3. The molecule has 11 heteroatoms. The van der Waals surface area contributed by atoms with E-state index in [2.05, 4.69) is 25.6 Å². The van der Waals surface area contributed by atoms with E-state index < -0.39 is 24.3 Å². The van der Waals surface area contributed by atoms with Gasteiger partial charge >= 0.3 is 6.18 Å². The minimum Gasteiger partial charge on any atom is -0.395 e. The number of alkyl halides is 4. The summed E-state index contributed by atoms with van der Waals surface area (Å²) in [7, 11) is 0. The molecular formula is C24H19F4N5O2. The molecule has 0 atom stereocenters. The molecule has 0 bridgehead atoms. The van der Waals surface area contributed by atoms with Gasteiger partial charge in [0.2, 0.25) is 0 Å². The summed E-state index contributed by atoms with van der Waals surface area (Å²) in [6.07, 6.45) is -2.22. The van der Waals surface area contributed by atoms with Crippen LogP contribution in [0.5, 0.6) is 0 Å². The highest BCUT2D eigenvalue weighted by Gasteiger charge is 2.30. The van der Waals surface area contributed by atoms with Crippen LogP contribution in [0.15, 0.2) is 60.9 Å². The van der Waals surface area contributed by atoms with E-state index in [1.54, 1.807) is 24.3 Å². The van der Waals surface area contributed by atoms with E-state index in [4.69, 9.17) is 5.11 Å². The molecule has 7 nitrogen and oxygen atoms in total. The molecule has 0 fully saturated rings. The van der Waals surface area contributed by atoms with Crippen LogP contribution in [0.3, 0.4) is 0 Å². The number of aromatic nitrogens is 3. The number of aliphatic hydroxyl groups excluding tert-OH is 1. The Kier molecular flexibility index (Phi) is 6.87. The van der Waals surface area contributed by atoms with Crippen LogP contribution in [-0.2, 0) is 12.9 Å². The number of benzene rings is 1. The van der Waals surface area contributed by atoms with Crippen molar-refractivity contribution >= 4 is 28.3 Å². The summed E-state index contributed by atoms with van der Waals surface area (Å²) in [4.78, 5) is 24.7. The number of aliphatic hydroxyl groups is 1. The summed E-state index contributed by atoms with van der Waals surface area (Å²) >= 11 is 0. The molecule has 0 aliphatic heterocycles. The average Bonchev–Trinajstić information content (AvgIpc) is 2.86. The third-order valence-electron chi connectivity index (χ3n) is 5.12. The molecular weight excluding hydrogens is 466 g/mol. The third-order valence-corrected chi connectivity index (χ3v) is 5.12. The molecule has 3 aromatic heterocycles. The maximum atomic E-state index is 13.7. The Morgan fingerprint density at radius 1 is 1.03 bits per heavy atom. The first-order valence-electron chi connectivity index (χ1n) is 10.4. The quantitative estimate of drug-likeness (QED) is 0.330. The van der Waals surface area contributed by atoms with Gasteiger partial charge < -0.3 is 15.7 Å². The predicted octanol–water partition coefficient (Wildman–Crippen LogP) is 4.65. The molecule has 3 N–H and O–H groups in total. The predicted molar refractivity (Wildman–Crippen MR) is 122 cm³/mol. The molecule has 180 valence electrons. The van der Waals surface area contributed by atoms with E-state index in [9.17, 15) is 22.4 Å². The van der Waals surface area contributed by atoms with Gasteiger partial charge in [0.25, 0.3) is 5.91 Å². The van der Waals surface area contributed by atoms with E-state index in [-0.39, 0.29) is 35.9 Å². The molecule has 3 heterocycles. The summed E-state index contributed by atoms with van der Waals surface area (Å²) in [6.45, 7) is -0.965. The maximum absolute atomic E-state index is 13.7.